The van der Waals surface area contributed by atoms with E-state index in [0.29, 0.717) is 21.6 Å². The number of aliphatic hydroxyl groups excluding tert-OH is 1. The molecule has 0 aliphatic carbocycles. The molecule has 38 heavy (non-hydrogen) atoms. The summed E-state index contributed by atoms with van der Waals surface area (Å²) in [6.45, 7) is 3.97. The van der Waals surface area contributed by atoms with Crippen molar-refractivity contribution in [3.05, 3.63) is 81.9 Å². The fraction of sp³-hybridized carbons (Fsp3) is 0.179. The number of ketones is 1. The van der Waals surface area contributed by atoms with Gasteiger partial charge in [0.25, 0.3) is 5.78 Å². The number of hydrogen-bond acceptors (Lipinski definition) is 7. The number of amides is 1. The van der Waals surface area contributed by atoms with Gasteiger partial charge >= 0.3 is 5.91 Å². The number of carbonyl (C=O) groups is 2. The quantitative estimate of drug-likeness (QED) is 0.175. The number of phenols is 1. The number of aryl methyl sites for hydroxylation is 1. The molecule has 1 amide bonds. The molecule has 3 aromatic carbocycles. The van der Waals surface area contributed by atoms with Crippen molar-refractivity contribution in [3.63, 3.8) is 0 Å². The van der Waals surface area contributed by atoms with Gasteiger partial charge < -0.3 is 24.7 Å². The Balaban J connectivity index is 1.77. The maximum absolute atomic E-state index is 13.5. The van der Waals surface area contributed by atoms with Crippen molar-refractivity contribution in [2.24, 2.45) is 0 Å². The Hall–Kier alpha value is -4.50. The highest BCUT2D eigenvalue weighted by Gasteiger charge is 2.48. The third-order valence-corrected chi connectivity index (χ3v) is 6.55. The number of fused-ring (bicyclic) bond motifs is 1. The topological polar surface area (TPSA) is 125 Å². The van der Waals surface area contributed by atoms with E-state index < -0.39 is 23.5 Å². The number of anilines is 1. The number of ether oxygens (including phenoxy) is 2. The minimum atomic E-state index is -1.11. The van der Waals surface area contributed by atoms with Crippen molar-refractivity contribution < 1.29 is 29.3 Å². The number of aromatic hydroxyl groups is 1. The number of phenolic OH excluding ortho intramolecular Hbond substituents is 1. The molecule has 1 aliphatic rings. The minimum absolute atomic E-state index is 0.108. The SMILES string of the molecule is CCOc1cc(C2/C(=C(\O)c3cc(Cl)ccc3OC)C(=O)C(=O)N2c2nc3ccc(C)cc3[nH]2)ccc1O. The van der Waals surface area contributed by atoms with E-state index in [1.54, 1.807) is 31.2 Å². The molecule has 0 spiro atoms. The van der Waals surface area contributed by atoms with E-state index in [1.807, 2.05) is 19.1 Å². The second-order valence-corrected chi connectivity index (χ2v) is 9.19. The Morgan fingerprint density at radius 3 is 2.63 bits per heavy atom. The van der Waals surface area contributed by atoms with Crippen LogP contribution in [-0.2, 0) is 9.59 Å². The molecule has 9 nitrogen and oxygen atoms in total. The number of methoxy groups -OCH3 is 1. The van der Waals surface area contributed by atoms with Gasteiger partial charge in [0.15, 0.2) is 11.5 Å². The number of hydrogen-bond donors (Lipinski definition) is 3. The predicted octanol–water partition coefficient (Wildman–Crippen LogP) is 5.26. The van der Waals surface area contributed by atoms with Gasteiger partial charge in [-0.05, 0) is 67.4 Å². The number of aromatic amines is 1. The maximum Gasteiger partial charge on any atom is 0.302 e. The largest absolute Gasteiger partial charge is 0.507 e. The van der Waals surface area contributed by atoms with Gasteiger partial charge in [-0.3, -0.25) is 14.5 Å². The van der Waals surface area contributed by atoms with Crippen LogP contribution in [0.4, 0.5) is 5.95 Å². The van der Waals surface area contributed by atoms with Crippen molar-refractivity contribution in [2.75, 3.05) is 18.6 Å². The van der Waals surface area contributed by atoms with Gasteiger partial charge in [0, 0.05) is 5.02 Å². The molecule has 1 fully saturated rings. The Morgan fingerprint density at radius 2 is 1.89 bits per heavy atom. The Bertz CT molecular complexity index is 1630. The third kappa shape index (κ3) is 4.20. The highest BCUT2D eigenvalue weighted by molar-refractivity contribution is 6.51. The summed E-state index contributed by atoms with van der Waals surface area (Å²) in [5.74, 6) is -1.83. The molecule has 4 aromatic rings. The molecule has 1 unspecified atom stereocenters. The normalized spacial score (nSPS) is 16.8. The third-order valence-electron chi connectivity index (χ3n) is 6.31. The van der Waals surface area contributed by atoms with E-state index in [2.05, 4.69) is 9.97 Å². The number of aliphatic hydroxyl groups is 1. The lowest BCUT2D eigenvalue weighted by Crippen LogP contribution is -2.30. The first-order chi connectivity index (χ1) is 18.2. The predicted molar refractivity (Wildman–Crippen MR) is 143 cm³/mol. The second kappa shape index (κ2) is 9.75. The van der Waals surface area contributed by atoms with Crippen molar-refractivity contribution in [1.29, 1.82) is 0 Å². The lowest BCUT2D eigenvalue weighted by Gasteiger charge is -2.24. The minimum Gasteiger partial charge on any atom is -0.507 e. The highest BCUT2D eigenvalue weighted by atomic mass is 35.5. The number of benzene rings is 3. The van der Waals surface area contributed by atoms with Crippen LogP contribution >= 0.6 is 11.6 Å². The molecular formula is C28H24ClN3O6. The Kier molecular flexibility index (Phi) is 6.46. The standard InChI is InChI=1S/C28H24ClN3O6/c1-4-38-22-12-15(6-9-20(22)33)24-23(25(34)17-13-16(29)7-10-21(17)37-3)26(35)27(36)32(24)28-30-18-8-5-14(2)11-19(18)31-28/h5-13,24,33-34H,4H2,1-3H3,(H,30,31)/b25-23+. The van der Waals surface area contributed by atoms with Crippen LogP contribution in [0.25, 0.3) is 16.8 Å². The Labute approximate surface area is 222 Å². The van der Waals surface area contributed by atoms with Gasteiger partial charge in [0.2, 0.25) is 5.95 Å². The summed E-state index contributed by atoms with van der Waals surface area (Å²) in [5.41, 5.74) is 2.62. The van der Waals surface area contributed by atoms with Gasteiger partial charge in [-0.1, -0.05) is 23.7 Å². The number of H-pyrrole nitrogens is 1. The van der Waals surface area contributed by atoms with E-state index in [4.69, 9.17) is 21.1 Å². The smallest absolute Gasteiger partial charge is 0.302 e. The van der Waals surface area contributed by atoms with Crippen molar-refractivity contribution in [2.45, 2.75) is 19.9 Å². The first-order valence-electron chi connectivity index (χ1n) is 11.8. The first kappa shape index (κ1) is 25.2. The molecule has 1 saturated heterocycles. The molecule has 0 bridgehead atoms. The average molecular weight is 534 g/mol. The molecule has 2 heterocycles. The second-order valence-electron chi connectivity index (χ2n) is 8.75. The fourth-order valence-electron chi connectivity index (χ4n) is 4.57. The van der Waals surface area contributed by atoms with Crippen LogP contribution in [0, 0.1) is 6.92 Å². The number of nitrogens with one attached hydrogen (secondary N) is 1. The summed E-state index contributed by atoms with van der Waals surface area (Å²) >= 11 is 6.19. The molecule has 10 heteroatoms. The number of imidazole rings is 1. The zero-order chi connectivity index (χ0) is 27.1. The van der Waals surface area contributed by atoms with Crippen LogP contribution in [-0.4, -0.2) is 45.6 Å². The van der Waals surface area contributed by atoms with Crippen LogP contribution in [0.1, 0.15) is 29.7 Å². The van der Waals surface area contributed by atoms with Gasteiger partial charge in [-0.25, -0.2) is 4.98 Å². The molecular weight excluding hydrogens is 510 g/mol. The summed E-state index contributed by atoms with van der Waals surface area (Å²) in [6, 6.07) is 13.5. The summed E-state index contributed by atoms with van der Waals surface area (Å²) in [7, 11) is 1.42. The van der Waals surface area contributed by atoms with E-state index in [1.165, 1.54) is 30.2 Å². The molecule has 1 atom stereocenters. The van der Waals surface area contributed by atoms with Crippen molar-refractivity contribution in [1.82, 2.24) is 9.97 Å². The van der Waals surface area contributed by atoms with Crippen LogP contribution in [0.15, 0.2) is 60.2 Å². The van der Waals surface area contributed by atoms with E-state index in [9.17, 15) is 19.8 Å². The highest BCUT2D eigenvalue weighted by Crippen LogP contribution is 2.44. The summed E-state index contributed by atoms with van der Waals surface area (Å²) < 4.78 is 10.9. The van der Waals surface area contributed by atoms with Crippen LogP contribution in [0.5, 0.6) is 17.2 Å². The first-order valence-corrected chi connectivity index (χ1v) is 12.2. The molecule has 1 aliphatic heterocycles. The lowest BCUT2D eigenvalue weighted by atomic mass is 9.94. The number of Topliss-reactive ketones (excluding diaryl/α,β-unsaturated/α-hetero) is 1. The molecule has 0 radical (unpaired) electrons. The Morgan fingerprint density at radius 1 is 1.11 bits per heavy atom. The van der Waals surface area contributed by atoms with Gasteiger partial charge in [-0.15, -0.1) is 0 Å². The molecule has 3 N–H and O–H groups in total. The fourth-order valence-corrected chi connectivity index (χ4v) is 4.74. The lowest BCUT2D eigenvalue weighted by molar-refractivity contribution is -0.132. The van der Waals surface area contributed by atoms with Gasteiger partial charge in [0.05, 0.1) is 41.9 Å². The summed E-state index contributed by atoms with van der Waals surface area (Å²) in [5, 5.41) is 22.1. The zero-order valence-electron chi connectivity index (χ0n) is 20.8. The van der Waals surface area contributed by atoms with Crippen LogP contribution in [0.2, 0.25) is 5.02 Å². The number of nitrogens with zero attached hydrogens (tertiary/aromatic N) is 2. The van der Waals surface area contributed by atoms with Crippen molar-refractivity contribution >= 4 is 46.0 Å². The van der Waals surface area contributed by atoms with Gasteiger partial charge in [-0.2, -0.15) is 0 Å². The summed E-state index contributed by atoms with van der Waals surface area (Å²) in [4.78, 5) is 35.9. The molecule has 1 aromatic heterocycles. The van der Waals surface area contributed by atoms with Crippen molar-refractivity contribution in [3.8, 4) is 17.2 Å². The number of carbonyl (C=O) groups excluding carboxylic acids is 2. The number of aromatic nitrogens is 2. The van der Waals surface area contributed by atoms with E-state index in [0.717, 1.165) is 5.56 Å². The maximum atomic E-state index is 13.5. The van der Waals surface area contributed by atoms with E-state index >= 15 is 0 Å². The van der Waals surface area contributed by atoms with E-state index in [-0.39, 0.29) is 40.9 Å². The number of halogens is 1. The molecule has 5 rings (SSSR count). The number of rotatable bonds is 6. The molecule has 0 saturated carbocycles. The monoisotopic (exact) mass is 533 g/mol. The molecule has 194 valence electrons. The van der Waals surface area contributed by atoms with Gasteiger partial charge in [0.1, 0.15) is 11.5 Å². The van der Waals surface area contributed by atoms with Crippen LogP contribution in [0.3, 0.4) is 0 Å². The van der Waals surface area contributed by atoms with Crippen LogP contribution < -0.4 is 14.4 Å². The summed E-state index contributed by atoms with van der Waals surface area (Å²) in [6.07, 6.45) is 0. The average Bonchev–Trinajstić information content (AvgIpc) is 3.42. The zero-order valence-corrected chi connectivity index (χ0v) is 21.5.